The third-order valence-electron chi connectivity index (χ3n) is 3.88. The van der Waals surface area contributed by atoms with Crippen LogP contribution in [0.25, 0.3) is 0 Å². The molecule has 1 saturated heterocycles. The first-order valence-corrected chi connectivity index (χ1v) is 7.38. The van der Waals surface area contributed by atoms with Gasteiger partial charge in [0.15, 0.2) is 0 Å². The molecule has 1 aromatic rings. The number of nitrogens with zero attached hydrogens (tertiary/aromatic N) is 2. The summed E-state index contributed by atoms with van der Waals surface area (Å²) in [6.45, 7) is 1.79. The Morgan fingerprint density at radius 3 is 2.81 bits per heavy atom. The van der Waals surface area contributed by atoms with Crippen molar-refractivity contribution in [3.8, 4) is 6.07 Å². The van der Waals surface area contributed by atoms with Gasteiger partial charge in [-0.2, -0.15) is 5.26 Å². The van der Waals surface area contributed by atoms with Crippen LogP contribution in [0.5, 0.6) is 0 Å². The number of hydrogen-bond acceptors (Lipinski definition) is 4. The number of anilines is 1. The molecule has 0 aromatic heterocycles. The zero-order chi connectivity index (χ0) is 15.1. The minimum Gasteiger partial charge on any atom is -0.395 e. The molecule has 21 heavy (non-hydrogen) atoms. The van der Waals surface area contributed by atoms with Gasteiger partial charge in [0.25, 0.3) is 0 Å². The molecule has 1 atom stereocenters. The highest BCUT2D eigenvalue weighted by Crippen LogP contribution is 2.17. The number of aliphatic hydroxyl groups is 1. The highest BCUT2D eigenvalue weighted by molar-refractivity contribution is 5.90. The number of likely N-dealkylation sites (tertiary alicyclic amines) is 1. The van der Waals surface area contributed by atoms with Crippen molar-refractivity contribution >= 4 is 11.6 Å². The molecule has 0 saturated carbocycles. The number of nitriles is 1. The number of aliphatic hydroxyl groups excluding tert-OH is 1. The van der Waals surface area contributed by atoms with Gasteiger partial charge >= 0.3 is 0 Å². The first kappa shape index (κ1) is 15.5. The van der Waals surface area contributed by atoms with Crippen LogP contribution < -0.4 is 5.32 Å². The van der Waals surface area contributed by atoms with E-state index in [-0.39, 0.29) is 18.6 Å². The fraction of sp³-hybridized carbons (Fsp3) is 0.500. The molecule has 5 nitrogen and oxygen atoms in total. The summed E-state index contributed by atoms with van der Waals surface area (Å²) >= 11 is 0. The lowest BCUT2D eigenvalue weighted by Gasteiger charge is -2.34. The quantitative estimate of drug-likeness (QED) is 0.864. The van der Waals surface area contributed by atoms with Crippen molar-refractivity contribution in [2.45, 2.75) is 31.7 Å². The Hall–Kier alpha value is -1.90. The van der Waals surface area contributed by atoms with E-state index < -0.39 is 0 Å². The molecule has 1 unspecified atom stereocenters. The minimum absolute atomic E-state index is 0.0398. The summed E-state index contributed by atoms with van der Waals surface area (Å²) < 4.78 is 0. The SMILES string of the molecule is N#Cc1ccc(NC(=O)CCN2CCCCC2CO)cc1. The van der Waals surface area contributed by atoms with Crippen LogP contribution in [0.3, 0.4) is 0 Å². The number of amides is 1. The monoisotopic (exact) mass is 287 g/mol. The molecule has 2 N–H and O–H groups in total. The van der Waals surface area contributed by atoms with E-state index in [4.69, 9.17) is 5.26 Å². The maximum absolute atomic E-state index is 11.9. The van der Waals surface area contributed by atoms with Gasteiger partial charge < -0.3 is 10.4 Å². The van der Waals surface area contributed by atoms with E-state index in [1.165, 1.54) is 0 Å². The average molecular weight is 287 g/mol. The van der Waals surface area contributed by atoms with Gasteiger partial charge in [0.2, 0.25) is 5.91 Å². The van der Waals surface area contributed by atoms with Crippen LogP contribution in [0.15, 0.2) is 24.3 Å². The van der Waals surface area contributed by atoms with E-state index in [9.17, 15) is 9.90 Å². The van der Waals surface area contributed by atoms with Crippen LogP contribution in [0.1, 0.15) is 31.2 Å². The lowest BCUT2D eigenvalue weighted by molar-refractivity contribution is -0.116. The molecule has 0 spiro atoms. The third kappa shape index (κ3) is 4.55. The topological polar surface area (TPSA) is 76.4 Å². The van der Waals surface area contributed by atoms with Gasteiger partial charge in [-0.05, 0) is 43.7 Å². The van der Waals surface area contributed by atoms with Crippen molar-refractivity contribution in [2.75, 3.05) is 25.0 Å². The molecule has 1 aromatic carbocycles. The Bertz CT molecular complexity index is 507. The third-order valence-corrected chi connectivity index (χ3v) is 3.88. The molecular weight excluding hydrogens is 266 g/mol. The summed E-state index contributed by atoms with van der Waals surface area (Å²) in [6.07, 6.45) is 3.71. The molecule has 5 heteroatoms. The first-order valence-electron chi connectivity index (χ1n) is 7.38. The maximum Gasteiger partial charge on any atom is 0.225 e. The lowest BCUT2D eigenvalue weighted by Crippen LogP contribution is -2.43. The highest BCUT2D eigenvalue weighted by atomic mass is 16.3. The van der Waals surface area contributed by atoms with Crippen molar-refractivity contribution in [3.63, 3.8) is 0 Å². The van der Waals surface area contributed by atoms with Crippen molar-refractivity contribution in [2.24, 2.45) is 0 Å². The number of benzene rings is 1. The lowest BCUT2D eigenvalue weighted by atomic mass is 10.0. The first-order chi connectivity index (χ1) is 10.2. The second-order valence-corrected chi connectivity index (χ2v) is 5.36. The Morgan fingerprint density at radius 1 is 1.38 bits per heavy atom. The van der Waals surface area contributed by atoms with Gasteiger partial charge in [-0.3, -0.25) is 9.69 Å². The highest BCUT2D eigenvalue weighted by Gasteiger charge is 2.21. The number of carbonyl (C=O) groups excluding carboxylic acids is 1. The molecule has 1 fully saturated rings. The van der Waals surface area contributed by atoms with E-state index in [1.54, 1.807) is 24.3 Å². The molecule has 1 amide bonds. The summed E-state index contributed by atoms with van der Waals surface area (Å²) in [5.41, 5.74) is 1.28. The van der Waals surface area contributed by atoms with Crippen LogP contribution in [-0.2, 0) is 4.79 Å². The zero-order valence-corrected chi connectivity index (χ0v) is 12.1. The van der Waals surface area contributed by atoms with Crippen molar-refractivity contribution < 1.29 is 9.90 Å². The maximum atomic E-state index is 11.9. The number of carbonyl (C=O) groups is 1. The number of rotatable bonds is 5. The number of piperidine rings is 1. The zero-order valence-electron chi connectivity index (χ0n) is 12.1. The van der Waals surface area contributed by atoms with Crippen molar-refractivity contribution in [1.82, 2.24) is 4.90 Å². The molecule has 2 rings (SSSR count). The normalized spacial score (nSPS) is 19.0. The second kappa shape index (κ2) is 7.77. The largest absolute Gasteiger partial charge is 0.395 e. The Kier molecular flexibility index (Phi) is 5.73. The molecule has 0 radical (unpaired) electrons. The molecule has 0 aliphatic carbocycles. The standard InChI is InChI=1S/C16H21N3O2/c17-11-13-4-6-14(7-5-13)18-16(21)8-10-19-9-2-1-3-15(19)12-20/h4-7,15,20H,1-3,8-10,12H2,(H,18,21). The summed E-state index contributed by atoms with van der Waals surface area (Å²) in [6, 6.07) is 9.06. The van der Waals surface area contributed by atoms with E-state index in [0.717, 1.165) is 25.8 Å². The molecule has 112 valence electrons. The molecule has 1 aliphatic rings. The van der Waals surface area contributed by atoms with Gasteiger partial charge in [-0.15, -0.1) is 0 Å². The predicted octanol–water partition coefficient (Wildman–Crippen LogP) is 1.73. The minimum atomic E-state index is -0.0398. The average Bonchev–Trinajstić information content (AvgIpc) is 2.54. The fourth-order valence-electron chi connectivity index (χ4n) is 2.66. The molecule has 0 bridgehead atoms. The summed E-state index contributed by atoms with van der Waals surface area (Å²) in [4.78, 5) is 14.1. The van der Waals surface area contributed by atoms with E-state index in [0.29, 0.717) is 24.2 Å². The number of nitrogens with one attached hydrogen (secondary N) is 1. The Labute approximate surface area is 125 Å². The van der Waals surface area contributed by atoms with E-state index in [1.807, 2.05) is 6.07 Å². The smallest absolute Gasteiger partial charge is 0.225 e. The van der Waals surface area contributed by atoms with Gasteiger partial charge in [-0.1, -0.05) is 6.42 Å². The van der Waals surface area contributed by atoms with E-state index in [2.05, 4.69) is 10.2 Å². The van der Waals surface area contributed by atoms with Crippen LogP contribution in [0.2, 0.25) is 0 Å². The van der Waals surface area contributed by atoms with E-state index >= 15 is 0 Å². The van der Waals surface area contributed by atoms with Crippen LogP contribution in [0.4, 0.5) is 5.69 Å². The fourth-order valence-corrected chi connectivity index (χ4v) is 2.66. The molecule has 1 aliphatic heterocycles. The Balaban J connectivity index is 1.80. The van der Waals surface area contributed by atoms with Gasteiger partial charge in [0, 0.05) is 24.7 Å². The predicted molar refractivity (Wildman–Crippen MR) is 80.7 cm³/mol. The van der Waals surface area contributed by atoms with Gasteiger partial charge in [0.05, 0.1) is 18.2 Å². The van der Waals surface area contributed by atoms with Crippen molar-refractivity contribution in [1.29, 1.82) is 5.26 Å². The van der Waals surface area contributed by atoms with Gasteiger partial charge in [-0.25, -0.2) is 0 Å². The summed E-state index contributed by atoms with van der Waals surface area (Å²) in [5, 5.41) is 20.9. The van der Waals surface area contributed by atoms with Crippen LogP contribution in [0, 0.1) is 11.3 Å². The number of hydrogen-bond donors (Lipinski definition) is 2. The molecule has 1 heterocycles. The van der Waals surface area contributed by atoms with Crippen LogP contribution >= 0.6 is 0 Å². The Morgan fingerprint density at radius 2 is 2.14 bits per heavy atom. The molecular formula is C16H21N3O2. The summed E-state index contributed by atoms with van der Waals surface area (Å²) in [7, 11) is 0. The van der Waals surface area contributed by atoms with Gasteiger partial charge in [0.1, 0.15) is 0 Å². The second-order valence-electron chi connectivity index (χ2n) is 5.36. The summed E-state index contributed by atoms with van der Waals surface area (Å²) in [5.74, 6) is -0.0398. The van der Waals surface area contributed by atoms with Crippen LogP contribution in [-0.4, -0.2) is 41.7 Å². The van der Waals surface area contributed by atoms with Crippen molar-refractivity contribution in [3.05, 3.63) is 29.8 Å².